The summed E-state index contributed by atoms with van der Waals surface area (Å²) < 4.78 is 4.73. The normalized spacial score (nSPS) is 26.1. The van der Waals surface area contributed by atoms with Gasteiger partial charge in [-0.2, -0.15) is 0 Å². The maximum absolute atomic E-state index is 12.0. The number of β-amino-alcohol motifs (C(OH)–C–C–N with tert-alkyl or cyclic N) is 1. The number of hydrogen-bond acceptors (Lipinski definition) is 5. The second-order valence-corrected chi connectivity index (χ2v) is 5.91. The van der Waals surface area contributed by atoms with E-state index in [0.717, 1.165) is 6.42 Å². The molecule has 116 valence electrons. The molecule has 0 saturated carbocycles. The number of carbonyl (C=O) groups is 2. The fraction of sp³-hybridized carbons (Fsp3) is 0.857. The van der Waals surface area contributed by atoms with Crippen LogP contribution in [-0.2, 0) is 14.3 Å². The maximum Gasteiger partial charge on any atom is 0.328 e. The zero-order valence-electron chi connectivity index (χ0n) is 12.8. The zero-order valence-corrected chi connectivity index (χ0v) is 12.8. The lowest BCUT2D eigenvalue weighted by Crippen LogP contribution is -2.49. The van der Waals surface area contributed by atoms with E-state index in [0.29, 0.717) is 19.5 Å². The van der Waals surface area contributed by atoms with Gasteiger partial charge in [0.1, 0.15) is 6.04 Å². The third kappa shape index (κ3) is 4.76. The van der Waals surface area contributed by atoms with E-state index in [-0.39, 0.29) is 18.4 Å². The highest BCUT2D eigenvalue weighted by Crippen LogP contribution is 2.19. The summed E-state index contributed by atoms with van der Waals surface area (Å²) in [4.78, 5) is 25.6. The number of carbonyl (C=O) groups excluding carboxylic acids is 2. The number of amides is 1. The molecule has 0 spiro atoms. The van der Waals surface area contributed by atoms with E-state index in [1.807, 2.05) is 18.7 Å². The Morgan fingerprint density at radius 2 is 2.15 bits per heavy atom. The average Bonchev–Trinajstić information content (AvgIpc) is 2.73. The molecule has 0 aromatic rings. The number of hydrogen-bond donors (Lipinski definition) is 2. The second kappa shape index (κ2) is 7.04. The molecule has 0 aliphatic carbocycles. The summed E-state index contributed by atoms with van der Waals surface area (Å²) in [5.41, 5.74) is -0.723. The Hall–Kier alpha value is -1.14. The molecule has 0 aromatic heterocycles. The van der Waals surface area contributed by atoms with E-state index in [4.69, 9.17) is 4.74 Å². The van der Waals surface area contributed by atoms with Crippen molar-refractivity contribution in [1.29, 1.82) is 0 Å². The molecule has 1 rings (SSSR count). The third-order valence-corrected chi connectivity index (χ3v) is 3.88. The Morgan fingerprint density at radius 3 is 2.60 bits per heavy atom. The molecular weight excluding hydrogens is 260 g/mol. The van der Waals surface area contributed by atoms with E-state index in [1.54, 1.807) is 6.92 Å². The van der Waals surface area contributed by atoms with Crippen molar-refractivity contribution in [2.24, 2.45) is 5.92 Å². The smallest absolute Gasteiger partial charge is 0.328 e. The van der Waals surface area contributed by atoms with Crippen LogP contribution in [0.4, 0.5) is 0 Å². The van der Waals surface area contributed by atoms with E-state index in [9.17, 15) is 14.7 Å². The van der Waals surface area contributed by atoms with Crippen LogP contribution in [0.25, 0.3) is 0 Å². The number of esters is 1. The molecule has 20 heavy (non-hydrogen) atoms. The van der Waals surface area contributed by atoms with Gasteiger partial charge in [0.15, 0.2) is 0 Å². The number of nitrogens with zero attached hydrogens (tertiary/aromatic N) is 1. The van der Waals surface area contributed by atoms with Crippen LogP contribution < -0.4 is 5.32 Å². The molecular formula is C14H26N2O4. The van der Waals surface area contributed by atoms with E-state index in [2.05, 4.69) is 5.32 Å². The van der Waals surface area contributed by atoms with Crippen LogP contribution in [0.15, 0.2) is 0 Å². The van der Waals surface area contributed by atoms with Crippen molar-refractivity contribution in [3.05, 3.63) is 0 Å². The molecule has 1 saturated heterocycles. The lowest BCUT2D eigenvalue weighted by Gasteiger charge is -2.24. The molecule has 3 atom stereocenters. The predicted octanol–water partition coefficient (Wildman–Crippen LogP) is 0.147. The van der Waals surface area contributed by atoms with Crippen LogP contribution in [0.2, 0.25) is 0 Å². The largest absolute Gasteiger partial charge is 0.467 e. The molecule has 0 bridgehead atoms. The number of methoxy groups -OCH3 is 1. The van der Waals surface area contributed by atoms with Crippen LogP contribution in [0, 0.1) is 5.92 Å². The minimum Gasteiger partial charge on any atom is -0.467 e. The molecule has 1 fully saturated rings. The van der Waals surface area contributed by atoms with Crippen LogP contribution in [-0.4, -0.2) is 60.3 Å². The van der Waals surface area contributed by atoms with Crippen molar-refractivity contribution in [3.8, 4) is 0 Å². The van der Waals surface area contributed by atoms with E-state index >= 15 is 0 Å². The van der Waals surface area contributed by atoms with E-state index in [1.165, 1.54) is 7.11 Å². The Labute approximate surface area is 120 Å². The van der Waals surface area contributed by atoms with Gasteiger partial charge >= 0.3 is 5.97 Å². The van der Waals surface area contributed by atoms with Gasteiger partial charge < -0.3 is 15.2 Å². The van der Waals surface area contributed by atoms with Gasteiger partial charge in [0, 0.05) is 13.1 Å². The van der Waals surface area contributed by atoms with Gasteiger partial charge in [-0.3, -0.25) is 9.69 Å². The lowest BCUT2D eigenvalue weighted by molar-refractivity contribution is -0.146. The molecule has 0 aromatic carbocycles. The summed E-state index contributed by atoms with van der Waals surface area (Å²) in [6.45, 7) is 6.99. The summed E-state index contributed by atoms with van der Waals surface area (Å²) in [6.07, 6.45) is 1.44. The van der Waals surface area contributed by atoms with Gasteiger partial charge in [0.05, 0.1) is 19.3 Å². The number of likely N-dealkylation sites (tertiary alicyclic amines) is 1. The quantitative estimate of drug-likeness (QED) is 0.679. The van der Waals surface area contributed by atoms with Crippen LogP contribution in [0.3, 0.4) is 0 Å². The topological polar surface area (TPSA) is 78.9 Å². The Kier molecular flexibility index (Phi) is 5.95. The molecule has 6 nitrogen and oxygen atoms in total. The first-order valence-electron chi connectivity index (χ1n) is 7.11. The SMILES string of the molecule is CCC(C)C(NC(=O)CN1CCC(C)(O)C1)C(=O)OC. The molecule has 1 heterocycles. The summed E-state index contributed by atoms with van der Waals surface area (Å²) >= 11 is 0. The van der Waals surface area contributed by atoms with E-state index < -0.39 is 17.6 Å². The number of ether oxygens (including phenoxy) is 1. The van der Waals surface area contributed by atoms with Gasteiger partial charge in [0.2, 0.25) is 5.91 Å². The highest BCUT2D eigenvalue weighted by atomic mass is 16.5. The van der Waals surface area contributed by atoms with Crippen molar-refractivity contribution < 1.29 is 19.4 Å². The standard InChI is InChI=1S/C14H26N2O4/c1-5-10(2)12(13(18)20-4)15-11(17)8-16-7-6-14(3,19)9-16/h10,12,19H,5-9H2,1-4H3,(H,15,17). The van der Waals surface area contributed by atoms with Crippen LogP contribution in [0.1, 0.15) is 33.6 Å². The van der Waals surface area contributed by atoms with Gasteiger partial charge in [-0.05, 0) is 19.3 Å². The Bertz CT molecular complexity index is 357. The Balaban J connectivity index is 2.52. The molecule has 0 radical (unpaired) electrons. The zero-order chi connectivity index (χ0) is 15.3. The van der Waals surface area contributed by atoms with Crippen LogP contribution >= 0.6 is 0 Å². The summed E-state index contributed by atoms with van der Waals surface area (Å²) in [6, 6.07) is -0.611. The summed E-state index contributed by atoms with van der Waals surface area (Å²) in [7, 11) is 1.32. The van der Waals surface area contributed by atoms with Gasteiger partial charge in [-0.15, -0.1) is 0 Å². The molecule has 6 heteroatoms. The fourth-order valence-corrected chi connectivity index (χ4v) is 2.39. The molecule has 2 N–H and O–H groups in total. The van der Waals surface area contributed by atoms with Crippen molar-refractivity contribution >= 4 is 11.9 Å². The highest BCUT2D eigenvalue weighted by Gasteiger charge is 2.33. The monoisotopic (exact) mass is 286 g/mol. The molecule has 3 unspecified atom stereocenters. The second-order valence-electron chi connectivity index (χ2n) is 5.91. The molecule has 1 aliphatic heterocycles. The fourth-order valence-electron chi connectivity index (χ4n) is 2.39. The first kappa shape index (κ1) is 16.9. The van der Waals surface area contributed by atoms with Crippen molar-refractivity contribution in [3.63, 3.8) is 0 Å². The average molecular weight is 286 g/mol. The third-order valence-electron chi connectivity index (χ3n) is 3.88. The first-order chi connectivity index (χ1) is 9.29. The first-order valence-corrected chi connectivity index (χ1v) is 7.11. The summed E-state index contributed by atoms with van der Waals surface area (Å²) in [5.74, 6) is -0.604. The maximum atomic E-state index is 12.0. The Morgan fingerprint density at radius 1 is 1.50 bits per heavy atom. The molecule has 1 amide bonds. The van der Waals surface area contributed by atoms with Crippen molar-refractivity contribution in [1.82, 2.24) is 10.2 Å². The van der Waals surface area contributed by atoms with Crippen molar-refractivity contribution in [2.75, 3.05) is 26.7 Å². The number of nitrogens with one attached hydrogen (secondary N) is 1. The highest BCUT2D eigenvalue weighted by molar-refractivity contribution is 5.85. The lowest BCUT2D eigenvalue weighted by atomic mass is 9.99. The number of aliphatic hydroxyl groups is 1. The minimum absolute atomic E-state index is 0.0214. The molecule has 1 aliphatic rings. The van der Waals surface area contributed by atoms with Gasteiger partial charge in [0.25, 0.3) is 0 Å². The predicted molar refractivity (Wildman–Crippen MR) is 75.1 cm³/mol. The number of rotatable bonds is 6. The van der Waals surface area contributed by atoms with Gasteiger partial charge in [-0.25, -0.2) is 4.79 Å². The van der Waals surface area contributed by atoms with Crippen molar-refractivity contribution in [2.45, 2.75) is 45.3 Å². The van der Waals surface area contributed by atoms with Crippen LogP contribution in [0.5, 0.6) is 0 Å². The minimum atomic E-state index is -0.723. The summed E-state index contributed by atoms with van der Waals surface area (Å²) in [5, 5.41) is 12.6. The van der Waals surface area contributed by atoms with Gasteiger partial charge in [-0.1, -0.05) is 20.3 Å².